The van der Waals surface area contributed by atoms with E-state index in [4.69, 9.17) is 0 Å². The van der Waals surface area contributed by atoms with Crippen LogP contribution in [-0.4, -0.2) is 13.1 Å². The van der Waals surface area contributed by atoms with Gasteiger partial charge in [0.15, 0.2) is 0 Å². The van der Waals surface area contributed by atoms with Crippen LogP contribution in [0.3, 0.4) is 0 Å². The summed E-state index contributed by atoms with van der Waals surface area (Å²) in [6, 6.07) is 0. The molecule has 0 unspecified atom stereocenters. The van der Waals surface area contributed by atoms with Gasteiger partial charge in [-0.15, -0.1) is 0 Å². The lowest BCUT2D eigenvalue weighted by molar-refractivity contribution is 0.262. The molecule has 1 aliphatic rings. The molecule has 1 rings (SSSR count). The molecule has 0 bridgehead atoms. The maximum Gasteiger partial charge on any atom is -0.00205 e. The van der Waals surface area contributed by atoms with E-state index >= 15 is 0 Å². The lowest BCUT2D eigenvalue weighted by Gasteiger charge is -2.27. The minimum absolute atomic E-state index is 0.979. The van der Waals surface area contributed by atoms with Crippen LogP contribution in [0.25, 0.3) is 0 Å². The number of unbranched alkanes of at least 4 members (excludes halogenated alkanes) is 6. The number of hydrogen-bond acceptors (Lipinski definition) is 1. The van der Waals surface area contributed by atoms with Crippen molar-refractivity contribution in [3.8, 4) is 0 Å². The first kappa shape index (κ1) is 17.0. The van der Waals surface area contributed by atoms with Crippen LogP contribution in [-0.2, 0) is 0 Å². The molecule has 0 saturated heterocycles. The second-order valence-corrected chi connectivity index (χ2v) is 6.62. The quantitative estimate of drug-likeness (QED) is 0.484. The van der Waals surface area contributed by atoms with Crippen molar-refractivity contribution in [1.29, 1.82) is 0 Å². The molecule has 1 fully saturated rings. The minimum Gasteiger partial charge on any atom is -0.316 e. The molecule has 0 heterocycles. The second kappa shape index (κ2) is 11.8. The Kier molecular flexibility index (Phi) is 10.5. The first-order valence-electron chi connectivity index (χ1n) is 9.07. The summed E-state index contributed by atoms with van der Waals surface area (Å²) in [6.45, 7) is 7.18. The normalized spacial score (nSPS) is 23.7. The van der Waals surface area contributed by atoms with E-state index in [1.54, 1.807) is 0 Å². The molecule has 1 nitrogen and oxygen atoms in total. The van der Waals surface area contributed by atoms with Crippen molar-refractivity contribution in [3.05, 3.63) is 0 Å². The molecule has 0 aromatic rings. The molecule has 0 amide bonds. The third kappa shape index (κ3) is 8.68. The maximum absolute atomic E-state index is 3.69. The summed E-state index contributed by atoms with van der Waals surface area (Å²) in [7, 11) is 0. The molecule has 1 saturated carbocycles. The molecule has 0 aromatic heterocycles. The monoisotopic (exact) mass is 267 g/mol. The first-order valence-corrected chi connectivity index (χ1v) is 9.07. The molecule has 19 heavy (non-hydrogen) atoms. The van der Waals surface area contributed by atoms with Crippen LogP contribution >= 0.6 is 0 Å². The van der Waals surface area contributed by atoms with Crippen molar-refractivity contribution in [1.82, 2.24) is 5.32 Å². The van der Waals surface area contributed by atoms with E-state index in [0.717, 1.165) is 11.8 Å². The van der Waals surface area contributed by atoms with E-state index in [9.17, 15) is 0 Å². The number of nitrogens with one attached hydrogen (secondary N) is 1. The average molecular weight is 268 g/mol. The van der Waals surface area contributed by atoms with Crippen LogP contribution in [0.1, 0.15) is 90.9 Å². The van der Waals surface area contributed by atoms with Gasteiger partial charge >= 0.3 is 0 Å². The van der Waals surface area contributed by atoms with Gasteiger partial charge in [-0.1, -0.05) is 71.6 Å². The van der Waals surface area contributed by atoms with Gasteiger partial charge in [-0.25, -0.2) is 0 Å². The first-order chi connectivity index (χ1) is 9.36. The van der Waals surface area contributed by atoms with Crippen LogP contribution in [0.15, 0.2) is 0 Å². The highest BCUT2D eigenvalue weighted by atomic mass is 14.9. The Labute approximate surface area is 121 Å². The molecule has 0 aliphatic heterocycles. The summed E-state index contributed by atoms with van der Waals surface area (Å²) in [6.07, 6.45) is 17.3. The van der Waals surface area contributed by atoms with Gasteiger partial charge in [0.2, 0.25) is 0 Å². The van der Waals surface area contributed by atoms with Crippen LogP contribution in [0.5, 0.6) is 0 Å². The van der Waals surface area contributed by atoms with Gasteiger partial charge in [-0.3, -0.25) is 0 Å². The Hall–Kier alpha value is -0.0400. The van der Waals surface area contributed by atoms with Crippen molar-refractivity contribution in [2.75, 3.05) is 13.1 Å². The third-order valence-corrected chi connectivity index (χ3v) is 4.93. The molecule has 0 aromatic carbocycles. The maximum atomic E-state index is 3.69. The number of hydrogen-bond donors (Lipinski definition) is 1. The largest absolute Gasteiger partial charge is 0.316 e. The highest BCUT2D eigenvalue weighted by Gasteiger charge is 2.19. The smallest absolute Gasteiger partial charge is 0.00205 e. The van der Waals surface area contributed by atoms with Crippen molar-refractivity contribution >= 4 is 0 Å². The SMILES string of the molecule is CCCCCCCCCNCC1CCC(CC)CC1. The summed E-state index contributed by atoms with van der Waals surface area (Å²) >= 11 is 0. The molecular formula is C18H37N. The van der Waals surface area contributed by atoms with Crippen molar-refractivity contribution in [2.45, 2.75) is 90.9 Å². The zero-order valence-corrected chi connectivity index (χ0v) is 13.6. The Morgan fingerprint density at radius 2 is 1.32 bits per heavy atom. The zero-order valence-electron chi connectivity index (χ0n) is 13.6. The molecule has 1 aliphatic carbocycles. The lowest BCUT2D eigenvalue weighted by atomic mass is 9.81. The lowest BCUT2D eigenvalue weighted by Crippen LogP contribution is -2.27. The second-order valence-electron chi connectivity index (χ2n) is 6.62. The van der Waals surface area contributed by atoms with Gasteiger partial charge in [0.1, 0.15) is 0 Å². The van der Waals surface area contributed by atoms with Gasteiger partial charge < -0.3 is 5.32 Å². The summed E-state index contributed by atoms with van der Waals surface area (Å²) < 4.78 is 0. The Bertz CT molecular complexity index is 182. The van der Waals surface area contributed by atoms with E-state index in [-0.39, 0.29) is 0 Å². The van der Waals surface area contributed by atoms with E-state index in [1.807, 2.05) is 0 Å². The standard InChI is InChI=1S/C18H37N/c1-3-5-6-7-8-9-10-15-19-16-18-13-11-17(4-2)12-14-18/h17-19H,3-16H2,1-2H3. The van der Waals surface area contributed by atoms with Crippen LogP contribution < -0.4 is 5.32 Å². The molecule has 0 spiro atoms. The topological polar surface area (TPSA) is 12.0 Å². The van der Waals surface area contributed by atoms with Crippen LogP contribution in [0.4, 0.5) is 0 Å². The highest BCUT2D eigenvalue weighted by molar-refractivity contribution is 4.73. The molecule has 1 heteroatoms. The van der Waals surface area contributed by atoms with Gasteiger partial charge in [0.05, 0.1) is 0 Å². The fourth-order valence-corrected chi connectivity index (χ4v) is 3.36. The molecule has 1 N–H and O–H groups in total. The summed E-state index contributed by atoms with van der Waals surface area (Å²) in [5.74, 6) is 2.02. The van der Waals surface area contributed by atoms with Crippen molar-refractivity contribution < 1.29 is 0 Å². The van der Waals surface area contributed by atoms with Crippen molar-refractivity contribution in [3.63, 3.8) is 0 Å². The van der Waals surface area contributed by atoms with Gasteiger partial charge in [-0.05, 0) is 44.2 Å². The summed E-state index contributed by atoms with van der Waals surface area (Å²) in [5, 5.41) is 3.69. The average Bonchev–Trinajstić information content (AvgIpc) is 2.46. The fraction of sp³-hybridized carbons (Fsp3) is 1.00. The van der Waals surface area contributed by atoms with Gasteiger partial charge in [-0.2, -0.15) is 0 Å². The molecule has 0 atom stereocenters. The molecule has 114 valence electrons. The van der Waals surface area contributed by atoms with Crippen molar-refractivity contribution in [2.24, 2.45) is 11.8 Å². The molecular weight excluding hydrogens is 230 g/mol. The Morgan fingerprint density at radius 1 is 0.737 bits per heavy atom. The predicted octanol–water partition coefficient (Wildman–Crippen LogP) is 5.54. The third-order valence-electron chi connectivity index (χ3n) is 4.93. The number of rotatable bonds is 11. The zero-order chi connectivity index (χ0) is 13.8. The van der Waals surface area contributed by atoms with Crippen LogP contribution in [0.2, 0.25) is 0 Å². The van der Waals surface area contributed by atoms with Gasteiger partial charge in [0.25, 0.3) is 0 Å². The van der Waals surface area contributed by atoms with E-state index in [2.05, 4.69) is 19.2 Å². The van der Waals surface area contributed by atoms with Crippen LogP contribution in [0, 0.1) is 11.8 Å². The highest BCUT2D eigenvalue weighted by Crippen LogP contribution is 2.30. The Morgan fingerprint density at radius 3 is 1.95 bits per heavy atom. The van der Waals surface area contributed by atoms with E-state index in [0.29, 0.717) is 0 Å². The fourth-order valence-electron chi connectivity index (χ4n) is 3.36. The minimum atomic E-state index is 0.979. The van der Waals surface area contributed by atoms with E-state index < -0.39 is 0 Å². The predicted molar refractivity (Wildman–Crippen MR) is 86.6 cm³/mol. The molecule has 0 radical (unpaired) electrons. The van der Waals surface area contributed by atoms with E-state index in [1.165, 1.54) is 90.1 Å². The van der Waals surface area contributed by atoms with Gasteiger partial charge in [0, 0.05) is 0 Å². The summed E-state index contributed by atoms with van der Waals surface area (Å²) in [5.41, 5.74) is 0. The Balaban J connectivity index is 1.81. The summed E-state index contributed by atoms with van der Waals surface area (Å²) in [4.78, 5) is 0.